The Kier molecular flexibility index (Phi) is 4.92. The van der Waals surface area contributed by atoms with Crippen LogP contribution in [0, 0.1) is 12.8 Å². The summed E-state index contributed by atoms with van der Waals surface area (Å²) in [6.45, 7) is 8.07. The van der Waals surface area contributed by atoms with Crippen molar-refractivity contribution < 1.29 is 4.79 Å². The van der Waals surface area contributed by atoms with E-state index < -0.39 is 0 Å². The van der Waals surface area contributed by atoms with Crippen LogP contribution in [0.2, 0.25) is 0 Å². The van der Waals surface area contributed by atoms with E-state index in [1.54, 1.807) is 0 Å². The molecule has 1 unspecified atom stereocenters. The van der Waals surface area contributed by atoms with Gasteiger partial charge in [0.05, 0.1) is 0 Å². The highest BCUT2D eigenvalue weighted by molar-refractivity contribution is 5.74. The maximum absolute atomic E-state index is 12.2. The highest BCUT2D eigenvalue weighted by Crippen LogP contribution is 2.48. The number of carbonyl (C=O) groups excluding carboxylic acids is 1. The molecule has 1 aliphatic rings. The Morgan fingerprint density at radius 3 is 2.62 bits per heavy atom. The lowest BCUT2D eigenvalue weighted by Crippen LogP contribution is -2.42. The molecular formula is C18H28N2O. The van der Waals surface area contributed by atoms with Gasteiger partial charge in [0, 0.05) is 25.6 Å². The summed E-state index contributed by atoms with van der Waals surface area (Å²) in [5.41, 5.74) is 2.91. The van der Waals surface area contributed by atoms with E-state index >= 15 is 0 Å². The molecule has 3 nitrogen and oxygen atoms in total. The number of nitrogens with one attached hydrogen (secondary N) is 1. The largest absolute Gasteiger partial charge is 0.337 e. The normalized spacial score (nSPS) is 17.1. The molecule has 2 amide bonds. The van der Waals surface area contributed by atoms with Crippen molar-refractivity contribution in [3.63, 3.8) is 0 Å². The summed E-state index contributed by atoms with van der Waals surface area (Å²) >= 11 is 0. The average molecular weight is 288 g/mol. The summed E-state index contributed by atoms with van der Waals surface area (Å²) < 4.78 is 0. The fourth-order valence-corrected chi connectivity index (χ4v) is 2.92. The van der Waals surface area contributed by atoms with Crippen LogP contribution in [-0.4, -0.2) is 31.1 Å². The molecule has 0 aromatic heterocycles. The molecule has 116 valence electrons. The van der Waals surface area contributed by atoms with E-state index in [0.717, 1.165) is 19.5 Å². The van der Waals surface area contributed by atoms with Gasteiger partial charge in [0.25, 0.3) is 0 Å². The van der Waals surface area contributed by atoms with E-state index in [9.17, 15) is 4.79 Å². The number of carbonyl (C=O) groups is 1. The predicted molar refractivity (Wildman–Crippen MR) is 87.6 cm³/mol. The molecule has 21 heavy (non-hydrogen) atoms. The molecule has 0 heterocycles. The second-order valence-corrected chi connectivity index (χ2v) is 6.65. The topological polar surface area (TPSA) is 32.3 Å². The molecule has 2 rings (SSSR count). The summed E-state index contributed by atoms with van der Waals surface area (Å²) in [5.74, 6) is 0.548. The third-order valence-corrected chi connectivity index (χ3v) is 4.78. The van der Waals surface area contributed by atoms with E-state index in [1.165, 1.54) is 24.0 Å². The summed E-state index contributed by atoms with van der Waals surface area (Å²) in [6, 6.07) is 8.59. The van der Waals surface area contributed by atoms with Crippen molar-refractivity contribution in [3.05, 3.63) is 35.4 Å². The van der Waals surface area contributed by atoms with Gasteiger partial charge in [-0.2, -0.15) is 0 Å². The molecule has 1 aliphatic carbocycles. The number of urea groups is 1. The minimum absolute atomic E-state index is 0.0511. The van der Waals surface area contributed by atoms with Gasteiger partial charge in [0.2, 0.25) is 0 Å². The lowest BCUT2D eigenvalue weighted by atomic mass is 9.92. The first kappa shape index (κ1) is 15.9. The van der Waals surface area contributed by atoms with Gasteiger partial charge in [-0.1, -0.05) is 44.5 Å². The minimum atomic E-state index is 0.0511. The van der Waals surface area contributed by atoms with Gasteiger partial charge >= 0.3 is 6.03 Å². The van der Waals surface area contributed by atoms with Crippen molar-refractivity contribution in [2.75, 3.05) is 20.1 Å². The Morgan fingerprint density at radius 1 is 1.38 bits per heavy atom. The van der Waals surface area contributed by atoms with Crippen LogP contribution in [0.5, 0.6) is 0 Å². The van der Waals surface area contributed by atoms with Crippen molar-refractivity contribution in [3.8, 4) is 0 Å². The van der Waals surface area contributed by atoms with Crippen LogP contribution in [0.3, 0.4) is 0 Å². The van der Waals surface area contributed by atoms with Gasteiger partial charge < -0.3 is 10.2 Å². The Labute approximate surface area is 128 Å². The summed E-state index contributed by atoms with van der Waals surface area (Å²) in [5, 5.41) is 3.13. The lowest BCUT2D eigenvalue weighted by molar-refractivity contribution is 0.200. The molecular weight excluding hydrogens is 260 g/mol. The maximum atomic E-state index is 12.2. The van der Waals surface area contributed by atoms with Crippen molar-refractivity contribution in [2.45, 2.75) is 45.4 Å². The highest BCUT2D eigenvalue weighted by Gasteiger charge is 2.45. The molecule has 1 saturated carbocycles. The zero-order valence-electron chi connectivity index (χ0n) is 13.8. The van der Waals surface area contributed by atoms with Crippen molar-refractivity contribution in [1.29, 1.82) is 0 Å². The monoisotopic (exact) mass is 288 g/mol. The fourth-order valence-electron chi connectivity index (χ4n) is 2.92. The molecule has 0 aliphatic heterocycles. The van der Waals surface area contributed by atoms with Crippen molar-refractivity contribution >= 4 is 6.03 Å². The Morgan fingerprint density at radius 2 is 2.05 bits per heavy atom. The van der Waals surface area contributed by atoms with E-state index in [0.29, 0.717) is 5.92 Å². The second-order valence-electron chi connectivity index (χ2n) is 6.65. The van der Waals surface area contributed by atoms with Gasteiger partial charge in [0.15, 0.2) is 0 Å². The molecule has 1 N–H and O–H groups in total. The summed E-state index contributed by atoms with van der Waals surface area (Å²) in [6.07, 6.45) is 3.45. The molecule has 1 aromatic rings. The first-order valence-corrected chi connectivity index (χ1v) is 8.03. The first-order chi connectivity index (χ1) is 9.98. The van der Waals surface area contributed by atoms with Crippen LogP contribution >= 0.6 is 0 Å². The van der Waals surface area contributed by atoms with E-state index in [2.05, 4.69) is 50.4 Å². The van der Waals surface area contributed by atoms with Gasteiger partial charge in [-0.15, -0.1) is 0 Å². The number of hydrogen-bond donors (Lipinski definition) is 1. The molecule has 0 saturated heterocycles. The zero-order valence-corrected chi connectivity index (χ0v) is 13.8. The molecule has 0 radical (unpaired) electrons. The van der Waals surface area contributed by atoms with Crippen LogP contribution in [-0.2, 0) is 5.41 Å². The number of hydrogen-bond acceptors (Lipinski definition) is 1. The zero-order chi connectivity index (χ0) is 15.5. The Hall–Kier alpha value is -1.51. The van der Waals surface area contributed by atoms with E-state index in [-0.39, 0.29) is 11.4 Å². The average Bonchev–Trinajstić information content (AvgIpc) is 3.26. The van der Waals surface area contributed by atoms with Gasteiger partial charge in [-0.25, -0.2) is 4.79 Å². The molecule has 1 fully saturated rings. The van der Waals surface area contributed by atoms with Crippen molar-refractivity contribution in [1.82, 2.24) is 10.2 Å². The predicted octanol–water partition coefficient (Wildman–Crippen LogP) is 3.71. The highest BCUT2D eigenvalue weighted by atomic mass is 16.2. The third-order valence-electron chi connectivity index (χ3n) is 4.78. The number of amides is 2. The van der Waals surface area contributed by atoms with Gasteiger partial charge in [-0.05, 0) is 36.8 Å². The van der Waals surface area contributed by atoms with Crippen LogP contribution in [0.15, 0.2) is 24.3 Å². The van der Waals surface area contributed by atoms with Crippen LogP contribution < -0.4 is 5.32 Å². The molecule has 1 atom stereocenters. The smallest absolute Gasteiger partial charge is 0.317 e. The van der Waals surface area contributed by atoms with Crippen LogP contribution in [0.4, 0.5) is 4.79 Å². The maximum Gasteiger partial charge on any atom is 0.317 e. The number of benzene rings is 1. The standard InChI is InChI=1S/C18H28N2O/c1-5-14(2)12-20(4)17(21)19-13-18(10-11-18)16-9-7-6-8-15(16)3/h6-9,14H,5,10-13H2,1-4H3,(H,19,21). The van der Waals surface area contributed by atoms with Crippen LogP contribution in [0.25, 0.3) is 0 Å². The number of rotatable bonds is 6. The molecule has 3 heteroatoms. The SMILES string of the molecule is CCC(C)CN(C)C(=O)NCC1(c2ccccc2C)CC1. The van der Waals surface area contributed by atoms with E-state index in [1.807, 2.05) is 11.9 Å². The second kappa shape index (κ2) is 6.50. The lowest BCUT2D eigenvalue weighted by Gasteiger charge is -2.24. The Balaban J connectivity index is 1.91. The minimum Gasteiger partial charge on any atom is -0.337 e. The molecule has 0 spiro atoms. The molecule has 1 aromatic carbocycles. The number of nitrogens with zero attached hydrogens (tertiary/aromatic N) is 1. The summed E-state index contributed by atoms with van der Waals surface area (Å²) in [4.78, 5) is 14.0. The first-order valence-electron chi connectivity index (χ1n) is 8.03. The molecule has 0 bridgehead atoms. The van der Waals surface area contributed by atoms with E-state index in [4.69, 9.17) is 0 Å². The summed E-state index contributed by atoms with van der Waals surface area (Å²) in [7, 11) is 1.88. The fraction of sp³-hybridized carbons (Fsp3) is 0.611. The third kappa shape index (κ3) is 3.78. The Bertz CT molecular complexity index is 494. The van der Waals surface area contributed by atoms with Crippen molar-refractivity contribution in [2.24, 2.45) is 5.92 Å². The van der Waals surface area contributed by atoms with Gasteiger partial charge in [-0.3, -0.25) is 0 Å². The number of aryl methyl sites for hydroxylation is 1. The van der Waals surface area contributed by atoms with Crippen LogP contribution in [0.1, 0.15) is 44.2 Å². The van der Waals surface area contributed by atoms with Gasteiger partial charge in [0.1, 0.15) is 0 Å². The quantitative estimate of drug-likeness (QED) is 0.850.